The van der Waals surface area contributed by atoms with Gasteiger partial charge in [-0.25, -0.2) is 4.98 Å². The second kappa shape index (κ2) is 11.3. The summed E-state index contributed by atoms with van der Waals surface area (Å²) >= 11 is 7.89. The number of ether oxygens (including phenoxy) is 1. The van der Waals surface area contributed by atoms with Crippen LogP contribution in [0.4, 0.5) is 5.13 Å². The molecule has 190 valence electrons. The van der Waals surface area contributed by atoms with Crippen molar-refractivity contribution in [3.05, 3.63) is 88.4 Å². The number of benzene rings is 3. The highest BCUT2D eigenvalue weighted by atomic mass is 35.5. The third-order valence-electron chi connectivity index (χ3n) is 6.46. The van der Waals surface area contributed by atoms with Gasteiger partial charge < -0.3 is 15.0 Å². The lowest BCUT2D eigenvalue weighted by molar-refractivity contribution is 0.0946. The minimum Gasteiger partial charge on any atom is -0.493 e. The van der Waals surface area contributed by atoms with Gasteiger partial charge in [0, 0.05) is 56.0 Å². The van der Waals surface area contributed by atoms with E-state index < -0.39 is 0 Å². The van der Waals surface area contributed by atoms with Crippen molar-refractivity contribution in [2.24, 2.45) is 0 Å². The Hall–Kier alpha value is -3.46. The largest absolute Gasteiger partial charge is 0.493 e. The monoisotopic (exact) mass is 534 g/mol. The highest BCUT2D eigenvalue weighted by Crippen LogP contribution is 2.38. The minimum atomic E-state index is -0.139. The van der Waals surface area contributed by atoms with Gasteiger partial charge in [-0.3, -0.25) is 14.5 Å². The number of ketones is 1. The number of carbonyl (C=O) groups is 2. The Labute approximate surface area is 224 Å². The maximum atomic E-state index is 12.6. The van der Waals surface area contributed by atoms with Crippen LogP contribution in [0.25, 0.3) is 10.2 Å². The molecule has 2 heterocycles. The quantitative estimate of drug-likeness (QED) is 0.329. The second-order valence-corrected chi connectivity index (χ2v) is 10.2. The molecule has 0 atom stereocenters. The van der Waals surface area contributed by atoms with Crippen LogP contribution in [-0.2, 0) is 0 Å². The third kappa shape index (κ3) is 5.61. The summed E-state index contributed by atoms with van der Waals surface area (Å²) in [5, 5.41) is 4.52. The van der Waals surface area contributed by atoms with Crippen LogP contribution in [-0.4, -0.2) is 68.0 Å². The Morgan fingerprint density at radius 2 is 1.62 bits per heavy atom. The van der Waals surface area contributed by atoms with Crippen LogP contribution >= 0.6 is 22.9 Å². The first-order chi connectivity index (χ1) is 18.0. The number of methoxy groups -OCH3 is 1. The van der Waals surface area contributed by atoms with Crippen molar-refractivity contribution in [1.82, 2.24) is 15.2 Å². The Morgan fingerprint density at radius 1 is 0.946 bits per heavy atom. The number of thiazole rings is 1. The molecule has 0 saturated carbocycles. The van der Waals surface area contributed by atoms with E-state index in [2.05, 4.69) is 15.1 Å². The molecule has 0 unspecified atom stereocenters. The number of aromatic nitrogens is 1. The van der Waals surface area contributed by atoms with E-state index in [0.717, 1.165) is 48.1 Å². The highest BCUT2D eigenvalue weighted by Gasteiger charge is 2.21. The lowest BCUT2D eigenvalue weighted by Crippen LogP contribution is -2.48. The molecule has 5 rings (SSSR count). The van der Waals surface area contributed by atoms with Crippen LogP contribution in [0.1, 0.15) is 26.3 Å². The van der Waals surface area contributed by atoms with Crippen molar-refractivity contribution >= 4 is 50.0 Å². The number of anilines is 1. The summed E-state index contributed by atoms with van der Waals surface area (Å²) in [6.45, 7) is 4.83. The number of fused-ring (bicyclic) bond motifs is 1. The van der Waals surface area contributed by atoms with E-state index >= 15 is 0 Å². The first-order valence-corrected chi connectivity index (χ1v) is 13.3. The zero-order chi connectivity index (χ0) is 25.8. The van der Waals surface area contributed by atoms with Gasteiger partial charge in [0.2, 0.25) is 0 Å². The van der Waals surface area contributed by atoms with Gasteiger partial charge in [0.05, 0.1) is 16.8 Å². The first-order valence-electron chi connectivity index (χ1n) is 12.1. The Morgan fingerprint density at radius 3 is 2.32 bits per heavy atom. The second-order valence-electron chi connectivity index (χ2n) is 8.78. The SMILES string of the molecule is COc1c(Cl)ccc2sc(N3CCN(CCNC(=O)c4ccc(C(=O)c5ccccc5)cc4)CC3)nc12. The van der Waals surface area contributed by atoms with Crippen molar-refractivity contribution in [3.63, 3.8) is 0 Å². The molecule has 1 aliphatic rings. The van der Waals surface area contributed by atoms with Crippen LogP contribution in [0.2, 0.25) is 5.02 Å². The van der Waals surface area contributed by atoms with E-state index in [1.54, 1.807) is 54.8 Å². The molecule has 9 heteroatoms. The predicted molar refractivity (Wildman–Crippen MR) is 148 cm³/mol. The van der Waals surface area contributed by atoms with E-state index in [-0.39, 0.29) is 11.7 Å². The average molecular weight is 535 g/mol. The number of halogens is 1. The summed E-state index contributed by atoms with van der Waals surface area (Å²) in [5.74, 6) is 0.424. The van der Waals surface area contributed by atoms with Crippen molar-refractivity contribution in [2.45, 2.75) is 0 Å². The summed E-state index contributed by atoms with van der Waals surface area (Å²) in [5.41, 5.74) is 2.54. The van der Waals surface area contributed by atoms with Crippen LogP contribution in [0.15, 0.2) is 66.7 Å². The summed E-state index contributed by atoms with van der Waals surface area (Å²) in [4.78, 5) is 34.5. The fourth-order valence-corrected chi connectivity index (χ4v) is 5.63. The van der Waals surface area contributed by atoms with E-state index in [4.69, 9.17) is 21.3 Å². The number of nitrogens with zero attached hydrogens (tertiary/aromatic N) is 3. The molecule has 4 aromatic rings. The number of hydrogen-bond acceptors (Lipinski definition) is 7. The lowest BCUT2D eigenvalue weighted by atomic mass is 10.0. The normalized spacial score (nSPS) is 14.1. The van der Waals surface area contributed by atoms with Gasteiger partial charge in [0.15, 0.2) is 16.7 Å². The fourth-order valence-electron chi connectivity index (χ4n) is 4.38. The topological polar surface area (TPSA) is 74.8 Å². The van der Waals surface area contributed by atoms with Gasteiger partial charge in [-0.1, -0.05) is 65.4 Å². The van der Waals surface area contributed by atoms with E-state index in [1.807, 2.05) is 30.3 Å². The molecule has 1 saturated heterocycles. The van der Waals surface area contributed by atoms with Gasteiger partial charge in [-0.05, 0) is 24.3 Å². The highest BCUT2D eigenvalue weighted by molar-refractivity contribution is 7.22. The zero-order valence-electron chi connectivity index (χ0n) is 20.4. The maximum absolute atomic E-state index is 12.6. The summed E-state index contributed by atoms with van der Waals surface area (Å²) < 4.78 is 6.50. The Balaban J connectivity index is 1.09. The molecule has 0 bridgehead atoms. The molecular weight excluding hydrogens is 508 g/mol. The molecule has 0 radical (unpaired) electrons. The third-order valence-corrected chi connectivity index (χ3v) is 7.84. The number of piperazine rings is 1. The molecule has 1 aliphatic heterocycles. The predicted octanol–water partition coefficient (Wildman–Crippen LogP) is 4.74. The standard InChI is InChI=1S/C28H27ClN4O3S/c1-36-26-22(29)11-12-23-24(26)31-28(37-23)33-17-15-32(16-18-33)14-13-30-27(35)21-9-7-20(8-10-21)25(34)19-5-3-2-4-6-19/h2-12H,13-18H2,1H3,(H,30,35). The molecule has 37 heavy (non-hydrogen) atoms. The minimum absolute atomic E-state index is 0.0551. The number of rotatable bonds is 8. The Bertz CT molecular complexity index is 1400. The average Bonchev–Trinajstić information content (AvgIpc) is 3.38. The van der Waals surface area contributed by atoms with Crippen LogP contribution in [0.5, 0.6) is 5.75 Å². The number of hydrogen-bond donors (Lipinski definition) is 1. The Kier molecular flexibility index (Phi) is 7.69. The summed E-state index contributed by atoms with van der Waals surface area (Å²) in [6, 6.07) is 19.8. The molecular formula is C28H27ClN4O3S. The van der Waals surface area contributed by atoms with Crippen molar-refractivity contribution in [3.8, 4) is 5.75 Å². The molecule has 0 spiro atoms. The molecule has 7 nitrogen and oxygen atoms in total. The van der Waals surface area contributed by atoms with Crippen LogP contribution in [0.3, 0.4) is 0 Å². The van der Waals surface area contributed by atoms with Gasteiger partial charge in [0.25, 0.3) is 5.91 Å². The van der Waals surface area contributed by atoms with E-state index in [0.29, 0.717) is 34.0 Å². The van der Waals surface area contributed by atoms with Crippen molar-refractivity contribution < 1.29 is 14.3 Å². The van der Waals surface area contributed by atoms with E-state index in [1.165, 1.54) is 0 Å². The molecule has 1 N–H and O–H groups in total. The van der Waals surface area contributed by atoms with Gasteiger partial charge >= 0.3 is 0 Å². The van der Waals surface area contributed by atoms with E-state index in [9.17, 15) is 9.59 Å². The first kappa shape index (κ1) is 25.2. The molecule has 1 aromatic heterocycles. The van der Waals surface area contributed by atoms with Gasteiger partial charge in [-0.2, -0.15) is 0 Å². The summed E-state index contributed by atoms with van der Waals surface area (Å²) in [6.07, 6.45) is 0. The molecule has 3 aromatic carbocycles. The molecule has 1 amide bonds. The van der Waals surface area contributed by atoms with Crippen molar-refractivity contribution in [1.29, 1.82) is 0 Å². The van der Waals surface area contributed by atoms with Crippen molar-refractivity contribution in [2.75, 3.05) is 51.3 Å². The molecule has 1 fully saturated rings. The number of nitrogens with one attached hydrogen (secondary N) is 1. The summed E-state index contributed by atoms with van der Waals surface area (Å²) in [7, 11) is 1.61. The van der Waals surface area contributed by atoms with Crippen LogP contribution in [0, 0.1) is 0 Å². The zero-order valence-corrected chi connectivity index (χ0v) is 22.0. The number of amides is 1. The van der Waals surface area contributed by atoms with Gasteiger partial charge in [-0.15, -0.1) is 0 Å². The fraction of sp³-hybridized carbons (Fsp3) is 0.250. The van der Waals surface area contributed by atoms with Crippen LogP contribution < -0.4 is 15.0 Å². The van der Waals surface area contributed by atoms with Gasteiger partial charge in [0.1, 0.15) is 5.52 Å². The number of carbonyl (C=O) groups excluding carboxylic acids is 2. The maximum Gasteiger partial charge on any atom is 0.251 e. The lowest BCUT2D eigenvalue weighted by Gasteiger charge is -2.34. The molecule has 0 aliphatic carbocycles. The smallest absolute Gasteiger partial charge is 0.251 e.